The standard InChI is InChI=1S/C27H33N5O2/c1-30-19-22(21-10-5-6-11-24(21)30)23-18-26-31(16-7-17-32(26)29-23)27(34)13-12-25(33)28-15-14-20-8-3-2-4-9-20/h5-6,8,10-11,18-19H,2-4,7,9,12-17H2,1H3,(H,28,33). The minimum absolute atomic E-state index is 0.0181. The van der Waals surface area contributed by atoms with Gasteiger partial charge in [0, 0.05) is 68.3 Å². The van der Waals surface area contributed by atoms with Crippen molar-refractivity contribution in [3.05, 3.63) is 48.2 Å². The summed E-state index contributed by atoms with van der Waals surface area (Å²) < 4.78 is 4.03. The first-order valence-corrected chi connectivity index (χ1v) is 12.5. The van der Waals surface area contributed by atoms with Crippen molar-refractivity contribution < 1.29 is 9.59 Å². The molecule has 7 heteroatoms. The number of nitrogens with one attached hydrogen (secondary N) is 1. The van der Waals surface area contributed by atoms with Gasteiger partial charge in [0.15, 0.2) is 0 Å². The van der Waals surface area contributed by atoms with E-state index >= 15 is 0 Å². The lowest BCUT2D eigenvalue weighted by atomic mass is 9.97. The van der Waals surface area contributed by atoms with E-state index in [0.29, 0.717) is 13.1 Å². The summed E-state index contributed by atoms with van der Waals surface area (Å²) in [5.41, 5.74) is 4.55. The van der Waals surface area contributed by atoms with E-state index in [1.54, 1.807) is 4.90 Å². The molecule has 2 amide bonds. The van der Waals surface area contributed by atoms with Crippen LogP contribution in [0.4, 0.5) is 5.82 Å². The lowest BCUT2D eigenvalue weighted by molar-refractivity contribution is -0.125. The molecule has 3 aromatic rings. The molecule has 0 bridgehead atoms. The third-order valence-corrected chi connectivity index (χ3v) is 6.98. The molecule has 0 fully saturated rings. The van der Waals surface area contributed by atoms with Crippen molar-refractivity contribution in [1.82, 2.24) is 19.7 Å². The van der Waals surface area contributed by atoms with E-state index in [4.69, 9.17) is 5.10 Å². The van der Waals surface area contributed by atoms with E-state index in [-0.39, 0.29) is 24.7 Å². The molecule has 7 nitrogen and oxygen atoms in total. The molecule has 1 aromatic carbocycles. The van der Waals surface area contributed by atoms with Crippen LogP contribution in [0, 0.1) is 0 Å². The van der Waals surface area contributed by atoms with E-state index in [0.717, 1.165) is 60.2 Å². The normalized spacial score (nSPS) is 15.8. The average molecular weight is 460 g/mol. The summed E-state index contributed by atoms with van der Waals surface area (Å²) in [4.78, 5) is 27.1. The van der Waals surface area contributed by atoms with Gasteiger partial charge in [-0.25, -0.2) is 4.68 Å². The van der Waals surface area contributed by atoms with Crippen LogP contribution in [0.1, 0.15) is 51.4 Å². The molecule has 0 radical (unpaired) electrons. The highest BCUT2D eigenvalue weighted by molar-refractivity contribution is 5.98. The Morgan fingerprint density at radius 1 is 1.09 bits per heavy atom. The van der Waals surface area contributed by atoms with Crippen molar-refractivity contribution in [1.29, 1.82) is 0 Å². The zero-order valence-corrected chi connectivity index (χ0v) is 19.9. The number of carbonyl (C=O) groups excluding carboxylic acids is 2. The maximum atomic E-state index is 13.0. The molecule has 0 saturated carbocycles. The number of nitrogens with zero attached hydrogens (tertiary/aromatic N) is 4. The Hall–Kier alpha value is -3.35. The molecule has 0 atom stereocenters. The summed E-state index contributed by atoms with van der Waals surface area (Å²) in [6.45, 7) is 2.11. The summed E-state index contributed by atoms with van der Waals surface area (Å²) in [6, 6.07) is 10.3. The maximum Gasteiger partial charge on any atom is 0.228 e. The molecule has 1 aliphatic heterocycles. The number of amides is 2. The number of allylic oxidation sites excluding steroid dienone is 1. The number of hydrogen-bond acceptors (Lipinski definition) is 3. The number of hydrogen-bond donors (Lipinski definition) is 1. The van der Waals surface area contributed by atoms with Crippen molar-refractivity contribution in [3.8, 4) is 11.3 Å². The van der Waals surface area contributed by atoms with Crippen molar-refractivity contribution >= 4 is 28.5 Å². The molecule has 2 aromatic heterocycles. The summed E-state index contributed by atoms with van der Waals surface area (Å²) in [7, 11) is 2.04. The molecule has 34 heavy (non-hydrogen) atoms. The Morgan fingerprint density at radius 3 is 2.82 bits per heavy atom. The minimum Gasteiger partial charge on any atom is -0.356 e. The Bertz CT molecular complexity index is 1240. The number of carbonyl (C=O) groups is 2. The Morgan fingerprint density at radius 2 is 1.97 bits per heavy atom. The molecule has 1 N–H and O–H groups in total. The van der Waals surface area contributed by atoms with Crippen molar-refractivity contribution in [2.45, 2.75) is 57.9 Å². The summed E-state index contributed by atoms with van der Waals surface area (Å²) in [5, 5.41) is 8.96. The third kappa shape index (κ3) is 4.65. The highest BCUT2D eigenvalue weighted by atomic mass is 16.2. The highest BCUT2D eigenvalue weighted by Gasteiger charge is 2.26. The monoisotopic (exact) mass is 459 g/mol. The van der Waals surface area contributed by atoms with Crippen LogP contribution in [0.2, 0.25) is 0 Å². The van der Waals surface area contributed by atoms with Crippen molar-refractivity contribution in [2.75, 3.05) is 18.0 Å². The van der Waals surface area contributed by atoms with E-state index in [1.165, 1.54) is 18.4 Å². The fraction of sp³-hybridized carbons (Fsp3) is 0.444. The number of aryl methyl sites for hydroxylation is 2. The van der Waals surface area contributed by atoms with E-state index in [9.17, 15) is 9.59 Å². The predicted octanol–water partition coefficient (Wildman–Crippen LogP) is 4.57. The Kier molecular flexibility index (Phi) is 6.52. The van der Waals surface area contributed by atoms with Gasteiger partial charge in [-0.15, -0.1) is 0 Å². The van der Waals surface area contributed by atoms with Crippen LogP contribution < -0.4 is 10.2 Å². The number of benzene rings is 1. The zero-order chi connectivity index (χ0) is 23.5. The smallest absolute Gasteiger partial charge is 0.228 e. The predicted molar refractivity (Wildman–Crippen MR) is 135 cm³/mol. The van der Waals surface area contributed by atoms with Gasteiger partial charge in [-0.3, -0.25) is 14.5 Å². The second kappa shape index (κ2) is 9.87. The van der Waals surface area contributed by atoms with Crippen LogP contribution in [0.3, 0.4) is 0 Å². The summed E-state index contributed by atoms with van der Waals surface area (Å²) >= 11 is 0. The van der Waals surface area contributed by atoms with Gasteiger partial charge in [-0.1, -0.05) is 29.8 Å². The molecule has 178 valence electrons. The molecule has 0 spiro atoms. The van der Waals surface area contributed by atoms with Crippen LogP contribution in [-0.4, -0.2) is 39.3 Å². The largest absolute Gasteiger partial charge is 0.356 e. The second-order valence-corrected chi connectivity index (χ2v) is 9.39. The summed E-state index contributed by atoms with van der Waals surface area (Å²) in [5.74, 6) is 0.756. The summed E-state index contributed by atoms with van der Waals surface area (Å²) in [6.07, 6.45) is 11.5. The van der Waals surface area contributed by atoms with Crippen LogP contribution in [0.5, 0.6) is 0 Å². The molecular formula is C27H33N5O2. The third-order valence-electron chi connectivity index (χ3n) is 6.98. The SMILES string of the molecule is Cn1cc(-c2cc3n(n2)CCCN3C(=O)CCC(=O)NCCC2=CCCCC2)c2ccccc21. The number of anilines is 1. The molecule has 2 aliphatic rings. The molecule has 0 unspecified atom stereocenters. The minimum atomic E-state index is -0.0493. The maximum absolute atomic E-state index is 13.0. The second-order valence-electron chi connectivity index (χ2n) is 9.39. The molecule has 1 aliphatic carbocycles. The van der Waals surface area contributed by atoms with Crippen LogP contribution in [0.25, 0.3) is 22.2 Å². The molecule has 5 rings (SSSR count). The average Bonchev–Trinajstić information content (AvgIpc) is 3.44. The molecule has 3 heterocycles. The first-order chi connectivity index (χ1) is 16.6. The van der Waals surface area contributed by atoms with Gasteiger partial charge in [-0.05, 0) is 44.6 Å². The first kappa shape index (κ1) is 22.4. The van der Waals surface area contributed by atoms with Gasteiger partial charge >= 0.3 is 0 Å². The Labute approximate surface area is 200 Å². The number of rotatable bonds is 7. The number of aromatic nitrogens is 3. The van der Waals surface area contributed by atoms with Crippen LogP contribution in [-0.2, 0) is 23.2 Å². The lowest BCUT2D eigenvalue weighted by Gasteiger charge is -2.27. The first-order valence-electron chi connectivity index (χ1n) is 12.5. The van der Waals surface area contributed by atoms with Crippen molar-refractivity contribution in [3.63, 3.8) is 0 Å². The molecule has 0 saturated heterocycles. The van der Waals surface area contributed by atoms with Crippen LogP contribution >= 0.6 is 0 Å². The Balaban J connectivity index is 1.22. The van der Waals surface area contributed by atoms with E-state index in [2.05, 4.69) is 34.3 Å². The topological polar surface area (TPSA) is 72.2 Å². The number of para-hydroxylation sites is 1. The lowest BCUT2D eigenvalue weighted by Crippen LogP contribution is -2.38. The van der Waals surface area contributed by atoms with Crippen molar-refractivity contribution in [2.24, 2.45) is 7.05 Å². The fourth-order valence-electron chi connectivity index (χ4n) is 5.15. The van der Waals surface area contributed by atoms with Gasteiger partial charge < -0.3 is 9.88 Å². The van der Waals surface area contributed by atoms with Gasteiger partial charge in [0.1, 0.15) is 5.82 Å². The van der Waals surface area contributed by atoms with Gasteiger partial charge in [-0.2, -0.15) is 5.10 Å². The van der Waals surface area contributed by atoms with Gasteiger partial charge in [0.25, 0.3) is 0 Å². The van der Waals surface area contributed by atoms with Crippen LogP contribution in [0.15, 0.2) is 48.2 Å². The van der Waals surface area contributed by atoms with E-state index in [1.807, 2.05) is 29.9 Å². The fourth-order valence-corrected chi connectivity index (χ4v) is 5.15. The van der Waals surface area contributed by atoms with Gasteiger partial charge in [0.2, 0.25) is 11.8 Å². The van der Waals surface area contributed by atoms with E-state index < -0.39 is 0 Å². The number of fused-ring (bicyclic) bond motifs is 2. The molecular weight excluding hydrogens is 426 g/mol. The quantitative estimate of drug-likeness (QED) is 0.526. The highest BCUT2D eigenvalue weighted by Crippen LogP contribution is 2.33. The zero-order valence-electron chi connectivity index (χ0n) is 19.9. The van der Waals surface area contributed by atoms with Gasteiger partial charge in [0.05, 0.1) is 5.69 Å².